The first kappa shape index (κ1) is 8.14. The molecule has 0 saturated carbocycles. The Morgan fingerprint density at radius 2 is 1.91 bits per heavy atom. The zero-order valence-electron chi connectivity index (χ0n) is 6.83. The molecule has 0 heterocycles. The highest BCUT2D eigenvalue weighted by atomic mass is 16.7. The SMILES string of the molecule is Bc1ccc(OCOC)cc1. The highest BCUT2D eigenvalue weighted by molar-refractivity contribution is 6.32. The van der Waals surface area contributed by atoms with Gasteiger partial charge in [-0.15, -0.1) is 0 Å². The molecule has 0 fully saturated rings. The molecule has 0 amide bonds. The highest BCUT2D eigenvalue weighted by Gasteiger charge is 1.89. The number of hydrogen-bond donors (Lipinski definition) is 0. The number of rotatable bonds is 3. The van der Waals surface area contributed by atoms with Crippen molar-refractivity contribution in [2.75, 3.05) is 13.9 Å². The summed E-state index contributed by atoms with van der Waals surface area (Å²) in [5.74, 6) is 0.845. The van der Waals surface area contributed by atoms with Crippen LogP contribution in [0.1, 0.15) is 0 Å². The van der Waals surface area contributed by atoms with Gasteiger partial charge in [-0.05, 0) is 12.1 Å². The van der Waals surface area contributed by atoms with E-state index in [0.717, 1.165) is 5.75 Å². The molecule has 0 aliphatic carbocycles. The van der Waals surface area contributed by atoms with Crippen LogP contribution in [0.2, 0.25) is 0 Å². The van der Waals surface area contributed by atoms with Gasteiger partial charge in [0.1, 0.15) is 13.6 Å². The van der Waals surface area contributed by atoms with Gasteiger partial charge in [0, 0.05) is 7.11 Å². The molecule has 0 radical (unpaired) electrons. The summed E-state index contributed by atoms with van der Waals surface area (Å²) in [5.41, 5.74) is 1.23. The second kappa shape index (κ2) is 4.03. The summed E-state index contributed by atoms with van der Waals surface area (Å²) in [4.78, 5) is 0. The summed E-state index contributed by atoms with van der Waals surface area (Å²) < 4.78 is 9.94. The summed E-state index contributed by atoms with van der Waals surface area (Å²) >= 11 is 0. The van der Waals surface area contributed by atoms with Crippen molar-refractivity contribution in [2.24, 2.45) is 0 Å². The van der Waals surface area contributed by atoms with E-state index in [1.165, 1.54) is 5.46 Å². The van der Waals surface area contributed by atoms with Crippen molar-refractivity contribution in [3.8, 4) is 5.75 Å². The normalized spacial score (nSPS) is 9.55. The fraction of sp³-hybridized carbons (Fsp3) is 0.250. The lowest BCUT2D eigenvalue weighted by molar-refractivity contribution is 0.0511. The monoisotopic (exact) mass is 150 g/mol. The first-order valence-electron chi connectivity index (χ1n) is 3.51. The molecule has 0 bridgehead atoms. The Morgan fingerprint density at radius 1 is 1.27 bits per heavy atom. The summed E-state index contributed by atoms with van der Waals surface area (Å²) in [6.07, 6.45) is 0. The minimum Gasteiger partial charge on any atom is -0.468 e. The first-order valence-corrected chi connectivity index (χ1v) is 3.51. The predicted octanol–water partition coefficient (Wildman–Crippen LogP) is -0.0723. The Hall–Kier alpha value is -0.955. The van der Waals surface area contributed by atoms with Gasteiger partial charge in [0.25, 0.3) is 0 Å². The number of methoxy groups -OCH3 is 1. The standard InChI is InChI=1S/C8H11BO2/c1-10-6-11-8-4-2-7(9)3-5-8/h2-5H,6,9H2,1H3. The van der Waals surface area contributed by atoms with Crippen LogP contribution in [0.4, 0.5) is 0 Å². The van der Waals surface area contributed by atoms with Crippen molar-refractivity contribution in [3.05, 3.63) is 24.3 Å². The van der Waals surface area contributed by atoms with Crippen molar-refractivity contribution < 1.29 is 9.47 Å². The molecule has 0 N–H and O–H groups in total. The van der Waals surface area contributed by atoms with Gasteiger partial charge in [-0.25, -0.2) is 0 Å². The number of benzene rings is 1. The lowest BCUT2D eigenvalue weighted by atomic mass is 9.97. The summed E-state index contributed by atoms with van der Waals surface area (Å²) in [7, 11) is 3.65. The third-order valence-electron chi connectivity index (χ3n) is 1.36. The molecule has 0 saturated heterocycles. The summed E-state index contributed by atoms with van der Waals surface area (Å²) in [6, 6.07) is 7.86. The molecule has 0 spiro atoms. The van der Waals surface area contributed by atoms with Crippen LogP contribution in [0.15, 0.2) is 24.3 Å². The largest absolute Gasteiger partial charge is 0.468 e. The Labute approximate surface area is 67.5 Å². The first-order chi connectivity index (χ1) is 5.33. The Balaban J connectivity index is 2.52. The highest BCUT2D eigenvalue weighted by Crippen LogP contribution is 2.06. The van der Waals surface area contributed by atoms with Gasteiger partial charge in [-0.2, -0.15) is 0 Å². The fourth-order valence-electron chi connectivity index (χ4n) is 0.761. The van der Waals surface area contributed by atoms with Crippen LogP contribution in [0, 0.1) is 0 Å². The molecule has 1 aromatic carbocycles. The van der Waals surface area contributed by atoms with E-state index in [-0.39, 0.29) is 0 Å². The molecule has 1 aromatic rings. The van der Waals surface area contributed by atoms with Gasteiger partial charge in [0.15, 0.2) is 6.79 Å². The maximum Gasteiger partial charge on any atom is 0.188 e. The molecule has 0 aliphatic heterocycles. The summed E-state index contributed by atoms with van der Waals surface area (Å²) in [5, 5.41) is 0. The molecule has 0 aromatic heterocycles. The lowest BCUT2D eigenvalue weighted by Crippen LogP contribution is -2.02. The van der Waals surface area contributed by atoms with Crippen molar-refractivity contribution in [1.82, 2.24) is 0 Å². The third-order valence-corrected chi connectivity index (χ3v) is 1.36. The molecular formula is C8H11BO2. The Kier molecular flexibility index (Phi) is 2.99. The van der Waals surface area contributed by atoms with Gasteiger partial charge < -0.3 is 9.47 Å². The molecular weight excluding hydrogens is 139 g/mol. The van der Waals surface area contributed by atoms with E-state index in [2.05, 4.69) is 0 Å². The molecule has 0 aliphatic rings. The van der Waals surface area contributed by atoms with E-state index in [1.54, 1.807) is 7.11 Å². The van der Waals surface area contributed by atoms with E-state index in [0.29, 0.717) is 6.79 Å². The van der Waals surface area contributed by atoms with Crippen LogP contribution in [-0.4, -0.2) is 21.7 Å². The fourth-order valence-corrected chi connectivity index (χ4v) is 0.761. The van der Waals surface area contributed by atoms with E-state index in [1.807, 2.05) is 32.1 Å². The minimum absolute atomic E-state index is 0.309. The van der Waals surface area contributed by atoms with E-state index in [4.69, 9.17) is 9.47 Å². The Bertz CT molecular complexity index is 208. The molecule has 0 atom stereocenters. The lowest BCUT2D eigenvalue weighted by Gasteiger charge is -2.03. The van der Waals surface area contributed by atoms with Crippen LogP contribution in [0.3, 0.4) is 0 Å². The van der Waals surface area contributed by atoms with Crippen molar-refractivity contribution in [1.29, 1.82) is 0 Å². The van der Waals surface area contributed by atoms with Crippen LogP contribution in [-0.2, 0) is 4.74 Å². The average molecular weight is 150 g/mol. The van der Waals surface area contributed by atoms with Gasteiger partial charge in [0.2, 0.25) is 0 Å². The van der Waals surface area contributed by atoms with Crippen molar-refractivity contribution in [3.63, 3.8) is 0 Å². The van der Waals surface area contributed by atoms with Gasteiger partial charge >= 0.3 is 0 Å². The van der Waals surface area contributed by atoms with E-state index >= 15 is 0 Å². The van der Waals surface area contributed by atoms with Crippen LogP contribution in [0.5, 0.6) is 5.75 Å². The minimum atomic E-state index is 0.309. The number of hydrogen-bond acceptors (Lipinski definition) is 2. The predicted molar refractivity (Wildman–Crippen MR) is 47.1 cm³/mol. The second-order valence-electron chi connectivity index (χ2n) is 2.36. The quantitative estimate of drug-likeness (QED) is 0.443. The van der Waals surface area contributed by atoms with E-state index < -0.39 is 0 Å². The Morgan fingerprint density at radius 3 is 2.45 bits per heavy atom. The molecule has 58 valence electrons. The van der Waals surface area contributed by atoms with E-state index in [9.17, 15) is 0 Å². The van der Waals surface area contributed by atoms with Crippen LogP contribution in [0.25, 0.3) is 0 Å². The summed E-state index contributed by atoms with van der Waals surface area (Å²) in [6.45, 7) is 0.309. The van der Waals surface area contributed by atoms with Gasteiger partial charge in [-0.3, -0.25) is 0 Å². The van der Waals surface area contributed by atoms with Crippen molar-refractivity contribution in [2.45, 2.75) is 0 Å². The molecule has 3 heteroatoms. The smallest absolute Gasteiger partial charge is 0.188 e. The molecule has 1 rings (SSSR count). The average Bonchev–Trinajstić information content (AvgIpc) is 2.04. The number of ether oxygens (including phenoxy) is 2. The maximum absolute atomic E-state index is 5.19. The van der Waals surface area contributed by atoms with Crippen LogP contribution >= 0.6 is 0 Å². The van der Waals surface area contributed by atoms with Crippen molar-refractivity contribution >= 4 is 13.3 Å². The topological polar surface area (TPSA) is 18.5 Å². The zero-order chi connectivity index (χ0) is 8.10. The third kappa shape index (κ3) is 2.64. The molecule has 0 unspecified atom stereocenters. The maximum atomic E-state index is 5.19. The van der Waals surface area contributed by atoms with Crippen LogP contribution < -0.4 is 10.2 Å². The molecule has 11 heavy (non-hydrogen) atoms. The second-order valence-corrected chi connectivity index (χ2v) is 2.36. The van der Waals surface area contributed by atoms with Gasteiger partial charge in [0.05, 0.1) is 0 Å². The zero-order valence-corrected chi connectivity index (χ0v) is 6.83. The van der Waals surface area contributed by atoms with Gasteiger partial charge in [-0.1, -0.05) is 17.6 Å². The molecule has 2 nitrogen and oxygen atoms in total.